The number of hydrogen-bond donors (Lipinski definition) is 1. The Morgan fingerprint density at radius 2 is 1.95 bits per heavy atom. The summed E-state index contributed by atoms with van der Waals surface area (Å²) in [4.78, 5) is 10.6. The van der Waals surface area contributed by atoms with Crippen LogP contribution in [0, 0.1) is 5.92 Å². The smallest absolute Gasteiger partial charge is 0.303 e. The van der Waals surface area contributed by atoms with Crippen LogP contribution in [-0.2, 0) is 17.6 Å². The van der Waals surface area contributed by atoms with Gasteiger partial charge in [-0.1, -0.05) is 30.7 Å². The summed E-state index contributed by atoms with van der Waals surface area (Å²) in [5, 5.41) is 17.3. The number of aliphatic carboxylic acids is 1. The molecule has 0 aliphatic heterocycles. The summed E-state index contributed by atoms with van der Waals surface area (Å²) >= 11 is 5.82. The van der Waals surface area contributed by atoms with Crippen LogP contribution in [0.3, 0.4) is 0 Å². The van der Waals surface area contributed by atoms with Gasteiger partial charge in [0.25, 0.3) is 0 Å². The first-order valence-electron chi connectivity index (χ1n) is 6.30. The van der Waals surface area contributed by atoms with E-state index in [-0.39, 0.29) is 12.3 Å². The third kappa shape index (κ3) is 4.35. The lowest BCUT2D eigenvalue weighted by molar-refractivity contribution is -0.137. The molecule has 20 heavy (non-hydrogen) atoms. The van der Waals surface area contributed by atoms with Crippen LogP contribution in [0.25, 0.3) is 0 Å². The van der Waals surface area contributed by atoms with E-state index < -0.39 is 5.97 Å². The first-order chi connectivity index (χ1) is 9.52. The molecule has 0 aliphatic carbocycles. The van der Waals surface area contributed by atoms with Crippen molar-refractivity contribution in [3.8, 4) is 0 Å². The predicted octanol–water partition coefficient (Wildman–Crippen LogP) is 2.97. The van der Waals surface area contributed by atoms with Gasteiger partial charge >= 0.3 is 5.97 Å². The highest BCUT2D eigenvalue weighted by Gasteiger charge is 2.13. The van der Waals surface area contributed by atoms with Gasteiger partial charge in [0, 0.05) is 17.9 Å². The van der Waals surface area contributed by atoms with Gasteiger partial charge in [0.15, 0.2) is 0 Å². The number of halogens is 1. The monoisotopic (exact) mass is 294 g/mol. The normalized spacial score (nSPS) is 12.3. The molecule has 0 fully saturated rings. The topological polar surface area (TPSA) is 76.2 Å². The molecule has 2 aromatic rings. The molecule has 1 aromatic heterocycles. The molecule has 1 atom stereocenters. The van der Waals surface area contributed by atoms with Crippen molar-refractivity contribution in [3.63, 3.8) is 0 Å². The molecular formula is C14H15ClN2O3. The average molecular weight is 295 g/mol. The van der Waals surface area contributed by atoms with E-state index in [2.05, 4.69) is 10.2 Å². The third-order valence-electron chi connectivity index (χ3n) is 2.82. The molecule has 1 aromatic carbocycles. The second-order valence-electron chi connectivity index (χ2n) is 4.80. The molecule has 2 rings (SSSR count). The van der Waals surface area contributed by atoms with Crippen molar-refractivity contribution in [1.29, 1.82) is 0 Å². The molecule has 1 N–H and O–H groups in total. The van der Waals surface area contributed by atoms with E-state index in [4.69, 9.17) is 21.1 Å². The average Bonchev–Trinajstić information content (AvgIpc) is 2.78. The van der Waals surface area contributed by atoms with Gasteiger partial charge in [0.05, 0.1) is 6.42 Å². The molecule has 0 bridgehead atoms. The Bertz CT molecular complexity index is 580. The highest BCUT2D eigenvalue weighted by atomic mass is 35.5. The second kappa shape index (κ2) is 6.52. The molecule has 1 heterocycles. The van der Waals surface area contributed by atoms with Crippen LogP contribution >= 0.6 is 11.6 Å². The number of rotatable bonds is 6. The standard InChI is InChI=1S/C14H15ClN2O3/c1-9(7-14(18)19)6-12-16-17-13(20-12)8-10-2-4-11(15)5-3-10/h2-5,9H,6-8H2,1H3,(H,18,19). The SMILES string of the molecule is CC(CC(=O)O)Cc1nnc(Cc2ccc(Cl)cc2)o1. The first kappa shape index (κ1) is 14.5. The first-order valence-corrected chi connectivity index (χ1v) is 6.68. The zero-order valence-corrected chi connectivity index (χ0v) is 11.8. The minimum absolute atomic E-state index is 0.0312. The lowest BCUT2D eigenvalue weighted by Gasteiger charge is -2.03. The zero-order chi connectivity index (χ0) is 14.5. The zero-order valence-electron chi connectivity index (χ0n) is 11.0. The fourth-order valence-electron chi connectivity index (χ4n) is 1.89. The summed E-state index contributed by atoms with van der Waals surface area (Å²) < 4.78 is 5.52. The number of nitrogens with zero attached hydrogens (tertiary/aromatic N) is 2. The second-order valence-corrected chi connectivity index (χ2v) is 5.24. The number of hydrogen-bond acceptors (Lipinski definition) is 4. The Morgan fingerprint density at radius 1 is 1.30 bits per heavy atom. The van der Waals surface area contributed by atoms with Crippen LogP contribution in [0.4, 0.5) is 0 Å². The Hall–Kier alpha value is -1.88. The third-order valence-corrected chi connectivity index (χ3v) is 3.08. The molecule has 0 spiro atoms. The van der Waals surface area contributed by atoms with Gasteiger partial charge in [0.1, 0.15) is 0 Å². The summed E-state index contributed by atoms with van der Waals surface area (Å²) in [6, 6.07) is 7.42. The minimum atomic E-state index is -0.821. The Balaban J connectivity index is 1.95. The van der Waals surface area contributed by atoms with Crippen molar-refractivity contribution in [2.45, 2.75) is 26.2 Å². The highest BCUT2D eigenvalue weighted by molar-refractivity contribution is 6.30. The summed E-state index contributed by atoms with van der Waals surface area (Å²) in [7, 11) is 0. The maximum Gasteiger partial charge on any atom is 0.303 e. The molecule has 0 saturated carbocycles. The van der Waals surface area contributed by atoms with E-state index in [0.717, 1.165) is 5.56 Å². The Labute approximate surface area is 121 Å². The fraction of sp³-hybridized carbons (Fsp3) is 0.357. The number of aromatic nitrogens is 2. The molecule has 1 unspecified atom stereocenters. The number of carboxylic acid groups (broad SMARTS) is 1. The molecule has 0 amide bonds. The largest absolute Gasteiger partial charge is 0.481 e. The maximum absolute atomic E-state index is 10.6. The van der Waals surface area contributed by atoms with Crippen molar-refractivity contribution in [2.75, 3.05) is 0 Å². The summed E-state index contributed by atoms with van der Waals surface area (Å²) in [5.41, 5.74) is 1.03. The van der Waals surface area contributed by atoms with Crippen LogP contribution in [-0.4, -0.2) is 21.3 Å². The lowest BCUT2D eigenvalue weighted by Crippen LogP contribution is -2.07. The Kier molecular flexibility index (Phi) is 4.74. The van der Waals surface area contributed by atoms with Crippen LogP contribution in [0.15, 0.2) is 28.7 Å². The molecule has 6 heteroatoms. The van der Waals surface area contributed by atoms with Gasteiger partial charge in [-0.15, -0.1) is 10.2 Å². The van der Waals surface area contributed by atoms with Gasteiger partial charge in [-0.05, 0) is 23.6 Å². The van der Waals surface area contributed by atoms with Gasteiger partial charge in [-0.2, -0.15) is 0 Å². The van der Waals surface area contributed by atoms with E-state index in [1.54, 1.807) is 0 Å². The summed E-state index contributed by atoms with van der Waals surface area (Å²) in [6.45, 7) is 1.84. The van der Waals surface area contributed by atoms with Crippen molar-refractivity contribution in [1.82, 2.24) is 10.2 Å². The molecule has 5 nitrogen and oxygen atoms in total. The molecule has 0 saturated heterocycles. The van der Waals surface area contributed by atoms with Gasteiger partial charge in [-0.3, -0.25) is 4.79 Å². The summed E-state index contributed by atoms with van der Waals surface area (Å²) in [5.74, 6) is 0.141. The van der Waals surface area contributed by atoms with E-state index in [1.807, 2.05) is 31.2 Å². The van der Waals surface area contributed by atoms with Crippen molar-refractivity contribution < 1.29 is 14.3 Å². The van der Waals surface area contributed by atoms with E-state index in [0.29, 0.717) is 29.6 Å². The number of carboxylic acids is 1. The van der Waals surface area contributed by atoms with E-state index >= 15 is 0 Å². The van der Waals surface area contributed by atoms with Crippen LogP contribution in [0.1, 0.15) is 30.7 Å². The molecule has 0 radical (unpaired) electrons. The quantitative estimate of drug-likeness (QED) is 0.886. The van der Waals surface area contributed by atoms with Crippen molar-refractivity contribution in [3.05, 3.63) is 46.6 Å². The summed E-state index contributed by atoms with van der Waals surface area (Å²) in [6.07, 6.45) is 1.10. The van der Waals surface area contributed by atoms with E-state index in [1.165, 1.54) is 0 Å². The van der Waals surface area contributed by atoms with Gasteiger partial charge in [0.2, 0.25) is 11.8 Å². The van der Waals surface area contributed by atoms with Crippen LogP contribution in [0.5, 0.6) is 0 Å². The number of carbonyl (C=O) groups is 1. The van der Waals surface area contributed by atoms with Crippen LogP contribution in [0.2, 0.25) is 5.02 Å². The highest BCUT2D eigenvalue weighted by Crippen LogP contribution is 2.15. The maximum atomic E-state index is 10.6. The lowest BCUT2D eigenvalue weighted by atomic mass is 10.0. The number of benzene rings is 1. The van der Waals surface area contributed by atoms with Gasteiger partial charge in [-0.25, -0.2) is 0 Å². The predicted molar refractivity (Wildman–Crippen MR) is 73.7 cm³/mol. The minimum Gasteiger partial charge on any atom is -0.481 e. The molecular weight excluding hydrogens is 280 g/mol. The van der Waals surface area contributed by atoms with Crippen LogP contribution < -0.4 is 0 Å². The van der Waals surface area contributed by atoms with Crippen molar-refractivity contribution in [2.24, 2.45) is 5.92 Å². The van der Waals surface area contributed by atoms with E-state index in [9.17, 15) is 4.79 Å². The van der Waals surface area contributed by atoms with Gasteiger partial charge < -0.3 is 9.52 Å². The Morgan fingerprint density at radius 3 is 2.60 bits per heavy atom. The molecule has 106 valence electrons. The molecule has 0 aliphatic rings. The fourth-order valence-corrected chi connectivity index (χ4v) is 2.01. The van der Waals surface area contributed by atoms with Crippen molar-refractivity contribution >= 4 is 17.6 Å².